The van der Waals surface area contributed by atoms with E-state index in [2.05, 4.69) is 0 Å². The molecule has 0 aliphatic rings. The maximum Gasteiger partial charge on any atom is 0.292 e. The molecular weight excluding hydrogens is 234 g/mol. The molecule has 0 spiro atoms. The van der Waals surface area contributed by atoms with Gasteiger partial charge in [-0.25, -0.2) is 0 Å². The molecule has 0 bridgehead atoms. The van der Waals surface area contributed by atoms with Crippen molar-refractivity contribution < 1.29 is 10.0 Å². The van der Waals surface area contributed by atoms with Crippen LogP contribution in [0.1, 0.15) is 19.4 Å². The van der Waals surface area contributed by atoms with Gasteiger partial charge in [-0.3, -0.25) is 10.1 Å². The van der Waals surface area contributed by atoms with Crippen molar-refractivity contribution in [1.29, 1.82) is 5.26 Å². The zero-order chi connectivity index (χ0) is 13.9. The Kier molecular flexibility index (Phi) is 3.89. The van der Waals surface area contributed by atoms with Gasteiger partial charge in [0.05, 0.1) is 22.2 Å². The van der Waals surface area contributed by atoms with Crippen molar-refractivity contribution in [3.63, 3.8) is 0 Å². The molecular formula is C12H15N3O3. The number of nitrogens with zero attached hydrogens (tertiary/aromatic N) is 3. The summed E-state index contributed by atoms with van der Waals surface area (Å²) in [7, 11) is 1.64. The van der Waals surface area contributed by atoms with Crippen molar-refractivity contribution in [2.24, 2.45) is 0 Å². The van der Waals surface area contributed by atoms with E-state index in [1.165, 1.54) is 18.2 Å². The zero-order valence-corrected chi connectivity index (χ0v) is 10.5. The average Bonchev–Trinajstić information content (AvgIpc) is 2.25. The van der Waals surface area contributed by atoms with E-state index in [1.54, 1.807) is 25.8 Å². The number of nitro groups is 1. The van der Waals surface area contributed by atoms with Crippen LogP contribution in [0.15, 0.2) is 18.2 Å². The van der Waals surface area contributed by atoms with E-state index in [9.17, 15) is 15.2 Å². The predicted octanol–water partition coefficient (Wildman–Crippen LogP) is 1.67. The Balaban J connectivity index is 3.20. The van der Waals surface area contributed by atoms with E-state index in [0.717, 1.165) is 0 Å². The van der Waals surface area contributed by atoms with Crippen LogP contribution in [-0.2, 0) is 0 Å². The first-order valence-corrected chi connectivity index (χ1v) is 5.36. The van der Waals surface area contributed by atoms with E-state index >= 15 is 0 Å². The second-order valence-electron chi connectivity index (χ2n) is 4.74. The third-order valence-electron chi connectivity index (χ3n) is 2.34. The minimum absolute atomic E-state index is 0.0826. The van der Waals surface area contributed by atoms with E-state index in [1.807, 2.05) is 6.07 Å². The van der Waals surface area contributed by atoms with Crippen LogP contribution in [0.5, 0.6) is 0 Å². The number of rotatable bonds is 4. The number of hydrogen-bond acceptors (Lipinski definition) is 5. The largest absolute Gasteiger partial charge is 0.389 e. The minimum atomic E-state index is -0.981. The van der Waals surface area contributed by atoms with E-state index < -0.39 is 10.5 Å². The molecule has 0 aromatic heterocycles. The molecule has 1 N–H and O–H groups in total. The van der Waals surface area contributed by atoms with Crippen LogP contribution in [0.2, 0.25) is 0 Å². The Morgan fingerprint density at radius 2 is 2.17 bits per heavy atom. The summed E-state index contributed by atoms with van der Waals surface area (Å²) in [6, 6.07) is 6.09. The second-order valence-corrected chi connectivity index (χ2v) is 4.74. The summed E-state index contributed by atoms with van der Waals surface area (Å²) in [4.78, 5) is 12.0. The van der Waals surface area contributed by atoms with E-state index in [0.29, 0.717) is 11.3 Å². The number of nitriles is 1. The molecule has 1 aromatic carbocycles. The SMILES string of the molecule is CN(CC(C)(C)O)c1cc(C#N)ccc1[N+](=O)[O-]. The molecule has 18 heavy (non-hydrogen) atoms. The monoisotopic (exact) mass is 249 g/mol. The van der Waals surface area contributed by atoms with Crippen LogP contribution < -0.4 is 4.90 Å². The number of anilines is 1. The summed E-state index contributed by atoms with van der Waals surface area (Å²) in [5, 5.41) is 29.5. The topological polar surface area (TPSA) is 90.4 Å². The molecule has 6 nitrogen and oxygen atoms in total. The fraction of sp³-hybridized carbons (Fsp3) is 0.417. The second kappa shape index (κ2) is 5.02. The van der Waals surface area contributed by atoms with Gasteiger partial charge in [0, 0.05) is 19.7 Å². The molecule has 0 saturated carbocycles. The molecule has 0 radical (unpaired) electrons. The number of nitro benzene ring substituents is 1. The Morgan fingerprint density at radius 1 is 1.56 bits per heavy atom. The molecule has 0 saturated heterocycles. The molecule has 0 aliphatic heterocycles. The number of aliphatic hydroxyl groups is 1. The fourth-order valence-electron chi connectivity index (χ4n) is 1.72. The summed E-state index contributed by atoms with van der Waals surface area (Å²) >= 11 is 0. The zero-order valence-electron chi connectivity index (χ0n) is 10.5. The van der Waals surface area contributed by atoms with Gasteiger partial charge >= 0.3 is 0 Å². The van der Waals surface area contributed by atoms with Gasteiger partial charge < -0.3 is 10.0 Å². The quantitative estimate of drug-likeness (QED) is 0.647. The third kappa shape index (κ3) is 3.43. The third-order valence-corrected chi connectivity index (χ3v) is 2.34. The lowest BCUT2D eigenvalue weighted by Crippen LogP contribution is -2.36. The lowest BCUT2D eigenvalue weighted by Gasteiger charge is -2.27. The summed E-state index contributed by atoms with van der Waals surface area (Å²) in [5.74, 6) is 0. The fourth-order valence-corrected chi connectivity index (χ4v) is 1.72. The summed E-state index contributed by atoms with van der Waals surface area (Å²) < 4.78 is 0. The Labute approximate surface area is 105 Å². The number of likely N-dealkylation sites (N-methyl/N-ethyl adjacent to an activating group) is 1. The molecule has 0 heterocycles. The van der Waals surface area contributed by atoms with Crippen molar-refractivity contribution >= 4 is 11.4 Å². The Bertz CT molecular complexity index is 500. The average molecular weight is 249 g/mol. The van der Waals surface area contributed by atoms with Crippen molar-refractivity contribution in [3.05, 3.63) is 33.9 Å². The highest BCUT2D eigenvalue weighted by Crippen LogP contribution is 2.29. The van der Waals surface area contributed by atoms with Crippen LogP contribution in [-0.4, -0.2) is 29.2 Å². The molecule has 0 amide bonds. The highest BCUT2D eigenvalue weighted by molar-refractivity contribution is 5.65. The first kappa shape index (κ1) is 13.9. The summed E-state index contributed by atoms with van der Waals surface area (Å²) in [6.45, 7) is 3.45. The maximum absolute atomic E-state index is 10.9. The molecule has 1 rings (SSSR count). The summed E-state index contributed by atoms with van der Waals surface area (Å²) in [5.41, 5.74) is -0.397. The predicted molar refractivity (Wildman–Crippen MR) is 67.4 cm³/mol. The molecule has 6 heteroatoms. The molecule has 0 fully saturated rings. The molecule has 96 valence electrons. The van der Waals surface area contributed by atoms with Crippen LogP contribution in [0, 0.1) is 21.4 Å². The Morgan fingerprint density at radius 3 is 2.61 bits per heavy atom. The molecule has 0 aliphatic carbocycles. The lowest BCUT2D eigenvalue weighted by atomic mass is 10.1. The van der Waals surface area contributed by atoms with Crippen LogP contribution in [0.3, 0.4) is 0 Å². The van der Waals surface area contributed by atoms with E-state index in [-0.39, 0.29) is 12.2 Å². The highest BCUT2D eigenvalue weighted by atomic mass is 16.6. The van der Waals surface area contributed by atoms with Gasteiger partial charge in [-0.15, -0.1) is 0 Å². The molecule has 1 aromatic rings. The van der Waals surface area contributed by atoms with Gasteiger partial charge in [0.15, 0.2) is 0 Å². The van der Waals surface area contributed by atoms with Crippen molar-refractivity contribution in [2.75, 3.05) is 18.5 Å². The smallest absolute Gasteiger partial charge is 0.292 e. The van der Waals surface area contributed by atoms with Gasteiger partial charge in [-0.1, -0.05) is 0 Å². The van der Waals surface area contributed by atoms with Crippen molar-refractivity contribution in [2.45, 2.75) is 19.4 Å². The highest BCUT2D eigenvalue weighted by Gasteiger charge is 2.22. The number of hydrogen-bond donors (Lipinski definition) is 1. The van der Waals surface area contributed by atoms with Crippen LogP contribution >= 0.6 is 0 Å². The van der Waals surface area contributed by atoms with Gasteiger partial charge in [-0.2, -0.15) is 5.26 Å². The summed E-state index contributed by atoms with van der Waals surface area (Å²) in [6.07, 6.45) is 0. The van der Waals surface area contributed by atoms with Crippen molar-refractivity contribution in [3.8, 4) is 6.07 Å². The van der Waals surface area contributed by atoms with Crippen LogP contribution in [0.4, 0.5) is 11.4 Å². The normalized spacial score (nSPS) is 10.8. The molecule has 0 atom stereocenters. The van der Waals surface area contributed by atoms with Crippen molar-refractivity contribution in [1.82, 2.24) is 0 Å². The van der Waals surface area contributed by atoms with Gasteiger partial charge in [0.2, 0.25) is 0 Å². The van der Waals surface area contributed by atoms with Crippen LogP contribution in [0.25, 0.3) is 0 Å². The number of benzene rings is 1. The Hall–Kier alpha value is -2.13. The lowest BCUT2D eigenvalue weighted by molar-refractivity contribution is -0.384. The van der Waals surface area contributed by atoms with Gasteiger partial charge in [0.1, 0.15) is 5.69 Å². The van der Waals surface area contributed by atoms with Gasteiger partial charge in [0.25, 0.3) is 5.69 Å². The maximum atomic E-state index is 10.9. The first-order valence-electron chi connectivity index (χ1n) is 5.36. The van der Waals surface area contributed by atoms with Gasteiger partial charge in [-0.05, 0) is 26.0 Å². The first-order chi connectivity index (χ1) is 8.24. The molecule has 0 unspecified atom stereocenters. The minimum Gasteiger partial charge on any atom is -0.389 e. The van der Waals surface area contributed by atoms with E-state index in [4.69, 9.17) is 5.26 Å². The standard InChI is InChI=1S/C12H15N3O3/c1-12(2,16)8-14(3)11-6-9(7-13)4-5-10(11)15(17)18/h4-6,16H,8H2,1-3H3.